The Hall–Kier alpha value is -1.42. The second kappa shape index (κ2) is 6.39. The first-order valence-electron chi connectivity index (χ1n) is 6.57. The highest BCUT2D eigenvalue weighted by molar-refractivity contribution is 9.11. The molecule has 0 unspecified atom stereocenters. The lowest BCUT2D eigenvalue weighted by Gasteiger charge is -2.35. The molecule has 0 radical (unpaired) electrons. The summed E-state index contributed by atoms with van der Waals surface area (Å²) < 4.78 is 83.0. The SMILES string of the molecule is Nc1ccc(C(F)(c2ccc(N)c(Br)c2)C(F)(F)C(F)(F)F)cc1Br. The van der Waals surface area contributed by atoms with E-state index in [0.717, 1.165) is 36.4 Å². The van der Waals surface area contributed by atoms with Crippen molar-refractivity contribution in [2.45, 2.75) is 17.8 Å². The predicted octanol–water partition coefficient (Wildman–Crippen LogP) is 5.79. The lowest BCUT2D eigenvalue weighted by Crippen LogP contribution is -2.53. The van der Waals surface area contributed by atoms with Gasteiger partial charge in [0.2, 0.25) is 5.67 Å². The zero-order chi connectivity index (χ0) is 19.2. The Morgan fingerprint density at radius 1 is 0.680 bits per heavy atom. The zero-order valence-corrected chi connectivity index (χ0v) is 15.3. The Morgan fingerprint density at radius 2 is 1.04 bits per heavy atom. The summed E-state index contributed by atoms with van der Waals surface area (Å²) in [6.07, 6.45) is -6.14. The van der Waals surface area contributed by atoms with Crippen LogP contribution < -0.4 is 11.5 Å². The van der Waals surface area contributed by atoms with E-state index >= 15 is 4.39 Å². The molecule has 0 heterocycles. The number of halogens is 8. The lowest BCUT2D eigenvalue weighted by molar-refractivity contribution is -0.323. The molecule has 136 valence electrons. The van der Waals surface area contributed by atoms with E-state index in [9.17, 15) is 22.0 Å². The van der Waals surface area contributed by atoms with Gasteiger partial charge in [0.25, 0.3) is 0 Å². The summed E-state index contributed by atoms with van der Waals surface area (Å²) in [5.74, 6) is -5.72. The first-order valence-corrected chi connectivity index (χ1v) is 8.15. The quantitative estimate of drug-likeness (QED) is 0.422. The highest BCUT2D eigenvalue weighted by Gasteiger charge is 2.72. The summed E-state index contributed by atoms with van der Waals surface area (Å²) in [6, 6.07) is 5.21. The van der Waals surface area contributed by atoms with Crippen LogP contribution in [0, 0.1) is 0 Å². The summed E-state index contributed by atoms with van der Waals surface area (Å²) in [4.78, 5) is 0. The van der Waals surface area contributed by atoms with Crippen LogP contribution in [-0.2, 0) is 5.67 Å². The van der Waals surface area contributed by atoms with Gasteiger partial charge in [-0.15, -0.1) is 0 Å². The minimum absolute atomic E-state index is 0.0143. The van der Waals surface area contributed by atoms with E-state index in [1.807, 2.05) is 0 Å². The molecule has 0 aliphatic carbocycles. The van der Waals surface area contributed by atoms with Gasteiger partial charge in [-0.1, -0.05) is 12.1 Å². The second-order valence-corrected chi connectivity index (χ2v) is 6.91. The molecule has 10 heteroatoms. The molecule has 0 saturated heterocycles. The number of nitrogen functional groups attached to an aromatic ring is 2. The molecule has 0 atom stereocenters. The Bertz CT molecular complexity index is 756. The fourth-order valence-electron chi connectivity index (χ4n) is 2.21. The van der Waals surface area contributed by atoms with Crippen molar-refractivity contribution in [3.8, 4) is 0 Å². The van der Waals surface area contributed by atoms with Crippen LogP contribution in [0.15, 0.2) is 45.3 Å². The van der Waals surface area contributed by atoms with Crippen LogP contribution in [0.1, 0.15) is 11.1 Å². The van der Waals surface area contributed by atoms with Crippen molar-refractivity contribution in [3.05, 3.63) is 56.5 Å². The molecular weight excluding hydrogens is 482 g/mol. The maximum atomic E-state index is 15.6. The molecule has 2 nitrogen and oxygen atoms in total. The average Bonchev–Trinajstić information content (AvgIpc) is 2.50. The predicted molar refractivity (Wildman–Crippen MR) is 90.0 cm³/mol. The molecule has 0 fully saturated rings. The highest BCUT2D eigenvalue weighted by Crippen LogP contribution is 2.55. The van der Waals surface area contributed by atoms with Gasteiger partial charge in [-0.05, 0) is 56.1 Å². The average molecular weight is 492 g/mol. The standard InChI is InChI=1S/C15H10Br2F6N2/c16-9-5-7(1-3-11(9)24)13(18,14(19,20)15(21,22)23)8-2-4-12(25)10(17)6-8/h1-6H,24-25H2. The molecule has 0 spiro atoms. The summed E-state index contributed by atoms with van der Waals surface area (Å²) in [7, 11) is 0. The van der Waals surface area contributed by atoms with Crippen molar-refractivity contribution in [1.29, 1.82) is 0 Å². The van der Waals surface area contributed by atoms with Gasteiger partial charge in [0.05, 0.1) is 0 Å². The fourth-order valence-corrected chi connectivity index (χ4v) is 2.96. The van der Waals surface area contributed by atoms with Crippen LogP contribution in [0.3, 0.4) is 0 Å². The minimum atomic E-state index is -6.14. The number of rotatable bonds is 3. The maximum Gasteiger partial charge on any atom is 0.457 e. The van der Waals surface area contributed by atoms with Crippen molar-refractivity contribution in [2.75, 3.05) is 11.5 Å². The molecule has 0 saturated carbocycles. The van der Waals surface area contributed by atoms with Crippen LogP contribution in [-0.4, -0.2) is 12.1 Å². The molecule has 25 heavy (non-hydrogen) atoms. The molecule has 0 aliphatic heterocycles. The third kappa shape index (κ3) is 3.21. The fraction of sp³-hybridized carbons (Fsp3) is 0.200. The van der Waals surface area contributed by atoms with Crippen molar-refractivity contribution >= 4 is 43.2 Å². The van der Waals surface area contributed by atoms with Gasteiger partial charge in [-0.25, -0.2) is 4.39 Å². The number of hydrogen-bond acceptors (Lipinski definition) is 2. The van der Waals surface area contributed by atoms with E-state index in [2.05, 4.69) is 31.9 Å². The third-order valence-electron chi connectivity index (χ3n) is 3.59. The molecule has 2 aromatic carbocycles. The third-order valence-corrected chi connectivity index (χ3v) is 4.96. The Labute approximate surface area is 155 Å². The number of hydrogen-bond donors (Lipinski definition) is 2. The molecule has 0 aromatic heterocycles. The first-order chi connectivity index (χ1) is 11.3. The number of alkyl halides is 6. The maximum absolute atomic E-state index is 15.6. The summed E-state index contributed by atoms with van der Waals surface area (Å²) in [5.41, 5.74) is 5.11. The van der Waals surface area contributed by atoms with E-state index in [1.165, 1.54) is 0 Å². The smallest absolute Gasteiger partial charge is 0.398 e. The van der Waals surface area contributed by atoms with Crippen molar-refractivity contribution in [1.82, 2.24) is 0 Å². The summed E-state index contributed by atoms with van der Waals surface area (Å²) in [5, 5.41) is 0. The number of nitrogens with two attached hydrogens (primary N) is 2. The van der Waals surface area contributed by atoms with E-state index in [4.69, 9.17) is 11.5 Å². The Balaban J connectivity index is 2.83. The van der Waals surface area contributed by atoms with Crippen molar-refractivity contribution in [3.63, 3.8) is 0 Å². The van der Waals surface area contributed by atoms with Crippen molar-refractivity contribution < 1.29 is 26.3 Å². The topological polar surface area (TPSA) is 52.0 Å². The van der Waals surface area contributed by atoms with Gasteiger partial charge in [-0.2, -0.15) is 22.0 Å². The minimum Gasteiger partial charge on any atom is -0.398 e. The van der Waals surface area contributed by atoms with Gasteiger partial charge in [0.1, 0.15) is 0 Å². The van der Waals surface area contributed by atoms with Gasteiger partial charge in [0, 0.05) is 31.4 Å². The van der Waals surface area contributed by atoms with Gasteiger partial charge in [0.15, 0.2) is 0 Å². The van der Waals surface area contributed by atoms with Crippen LogP contribution in [0.4, 0.5) is 37.7 Å². The normalized spacial score (nSPS) is 13.1. The largest absolute Gasteiger partial charge is 0.457 e. The molecule has 0 bridgehead atoms. The first kappa shape index (κ1) is 19.9. The molecule has 2 rings (SSSR count). The number of anilines is 2. The Kier molecular flexibility index (Phi) is 5.08. The monoisotopic (exact) mass is 490 g/mol. The van der Waals surface area contributed by atoms with E-state index in [-0.39, 0.29) is 20.3 Å². The van der Waals surface area contributed by atoms with E-state index < -0.39 is 28.9 Å². The molecule has 0 aliphatic rings. The van der Waals surface area contributed by atoms with Crippen LogP contribution in [0.5, 0.6) is 0 Å². The van der Waals surface area contributed by atoms with E-state index in [1.54, 1.807) is 0 Å². The van der Waals surface area contributed by atoms with Crippen molar-refractivity contribution in [2.24, 2.45) is 0 Å². The molecular formula is C15H10Br2F6N2. The zero-order valence-electron chi connectivity index (χ0n) is 12.1. The van der Waals surface area contributed by atoms with Crippen LogP contribution in [0.25, 0.3) is 0 Å². The molecule has 4 N–H and O–H groups in total. The molecule has 0 amide bonds. The summed E-state index contributed by atoms with van der Waals surface area (Å²) in [6.45, 7) is 0. The van der Waals surface area contributed by atoms with Gasteiger partial charge < -0.3 is 11.5 Å². The van der Waals surface area contributed by atoms with Gasteiger partial charge >= 0.3 is 12.1 Å². The van der Waals surface area contributed by atoms with E-state index in [0.29, 0.717) is 0 Å². The van der Waals surface area contributed by atoms with Crippen LogP contribution in [0.2, 0.25) is 0 Å². The molecule has 2 aromatic rings. The van der Waals surface area contributed by atoms with Crippen LogP contribution >= 0.6 is 31.9 Å². The lowest BCUT2D eigenvalue weighted by atomic mass is 9.82. The second-order valence-electron chi connectivity index (χ2n) is 5.20. The summed E-state index contributed by atoms with van der Waals surface area (Å²) >= 11 is 5.81. The van der Waals surface area contributed by atoms with Gasteiger partial charge in [-0.3, -0.25) is 0 Å². The number of benzene rings is 2. The Morgan fingerprint density at radius 3 is 1.32 bits per heavy atom. The highest BCUT2D eigenvalue weighted by atomic mass is 79.9.